The van der Waals surface area contributed by atoms with E-state index in [4.69, 9.17) is 9.84 Å². The van der Waals surface area contributed by atoms with Crippen molar-refractivity contribution >= 4 is 11.9 Å². The van der Waals surface area contributed by atoms with Crippen molar-refractivity contribution in [3.05, 3.63) is 35.9 Å². The number of carboxylic acids is 1. The first-order valence-corrected chi connectivity index (χ1v) is 6.20. The Balaban J connectivity index is 2.12. The van der Waals surface area contributed by atoms with Crippen LogP contribution in [0, 0.1) is 0 Å². The predicted molar refractivity (Wildman–Crippen MR) is 70.8 cm³/mol. The summed E-state index contributed by atoms with van der Waals surface area (Å²) in [4.78, 5) is 21.8. The Kier molecular flexibility index (Phi) is 6.60. The number of ether oxygens (including phenoxy) is 1. The van der Waals surface area contributed by atoms with E-state index in [1.807, 2.05) is 30.3 Å². The molecule has 1 aromatic rings. The highest BCUT2D eigenvalue weighted by Crippen LogP contribution is 1.99. The van der Waals surface area contributed by atoms with Crippen LogP contribution in [0.4, 0.5) is 0 Å². The van der Waals surface area contributed by atoms with E-state index in [2.05, 4.69) is 5.32 Å². The van der Waals surface area contributed by atoms with E-state index in [-0.39, 0.29) is 25.0 Å². The Morgan fingerprint density at radius 2 is 2.00 bits per heavy atom. The Morgan fingerprint density at radius 1 is 1.32 bits per heavy atom. The van der Waals surface area contributed by atoms with Crippen molar-refractivity contribution in [3.63, 3.8) is 0 Å². The number of benzene rings is 1. The third-order valence-electron chi connectivity index (χ3n) is 2.50. The smallest absolute Gasteiger partial charge is 0.305 e. The van der Waals surface area contributed by atoms with Gasteiger partial charge < -0.3 is 15.2 Å². The topological polar surface area (TPSA) is 75.6 Å². The molecular formula is C14H19NO4. The third kappa shape index (κ3) is 7.21. The van der Waals surface area contributed by atoms with Crippen LogP contribution in [0.1, 0.15) is 18.9 Å². The Morgan fingerprint density at radius 3 is 2.63 bits per heavy atom. The first kappa shape index (κ1) is 15.2. The molecule has 1 rings (SSSR count). The van der Waals surface area contributed by atoms with Gasteiger partial charge in [0.25, 0.3) is 0 Å². The number of aliphatic carboxylic acids is 1. The van der Waals surface area contributed by atoms with Crippen molar-refractivity contribution in [2.45, 2.75) is 25.8 Å². The summed E-state index contributed by atoms with van der Waals surface area (Å²) in [6, 6.07) is 9.46. The molecule has 1 amide bonds. The average Bonchev–Trinajstić information content (AvgIpc) is 2.35. The summed E-state index contributed by atoms with van der Waals surface area (Å²) in [5.41, 5.74) is 1.15. The number of carbonyl (C=O) groups excluding carboxylic acids is 1. The fourth-order valence-corrected chi connectivity index (χ4v) is 1.63. The minimum Gasteiger partial charge on any atom is -0.481 e. The van der Waals surface area contributed by atoms with Crippen LogP contribution in [0.25, 0.3) is 0 Å². The lowest BCUT2D eigenvalue weighted by Crippen LogP contribution is -2.36. The first-order valence-electron chi connectivity index (χ1n) is 6.20. The second kappa shape index (κ2) is 8.26. The van der Waals surface area contributed by atoms with Crippen LogP contribution >= 0.6 is 0 Å². The van der Waals surface area contributed by atoms with Crippen LogP contribution in [0.15, 0.2) is 30.3 Å². The zero-order valence-corrected chi connectivity index (χ0v) is 11.0. The SMILES string of the molecule is CC(CC(=O)O)NC(=O)COCCc1ccccc1. The minimum absolute atomic E-state index is 0.0448. The lowest BCUT2D eigenvalue weighted by atomic mass is 10.2. The molecule has 1 aromatic carbocycles. The van der Waals surface area contributed by atoms with E-state index >= 15 is 0 Å². The quantitative estimate of drug-likeness (QED) is 0.693. The molecule has 0 aliphatic rings. The van der Waals surface area contributed by atoms with Gasteiger partial charge in [-0.3, -0.25) is 9.59 Å². The van der Waals surface area contributed by atoms with Crippen LogP contribution in [0.5, 0.6) is 0 Å². The molecule has 0 heterocycles. The molecule has 0 spiro atoms. The highest BCUT2D eigenvalue weighted by atomic mass is 16.5. The normalized spacial score (nSPS) is 11.8. The van der Waals surface area contributed by atoms with Gasteiger partial charge in [-0.25, -0.2) is 0 Å². The number of carbonyl (C=O) groups is 2. The van der Waals surface area contributed by atoms with E-state index in [1.165, 1.54) is 0 Å². The lowest BCUT2D eigenvalue weighted by Gasteiger charge is -2.11. The van der Waals surface area contributed by atoms with Crippen LogP contribution in [0.2, 0.25) is 0 Å². The summed E-state index contributed by atoms with van der Waals surface area (Å²) < 4.78 is 5.25. The van der Waals surface area contributed by atoms with Gasteiger partial charge in [0.1, 0.15) is 6.61 Å². The third-order valence-corrected chi connectivity index (χ3v) is 2.50. The van der Waals surface area contributed by atoms with Gasteiger partial charge in [0.05, 0.1) is 13.0 Å². The summed E-state index contributed by atoms with van der Waals surface area (Å²) in [6.45, 7) is 2.07. The van der Waals surface area contributed by atoms with E-state index in [0.29, 0.717) is 6.61 Å². The highest BCUT2D eigenvalue weighted by Gasteiger charge is 2.10. The molecule has 0 saturated heterocycles. The fourth-order valence-electron chi connectivity index (χ4n) is 1.63. The van der Waals surface area contributed by atoms with Gasteiger partial charge in [-0.2, -0.15) is 0 Å². The number of hydrogen-bond acceptors (Lipinski definition) is 3. The summed E-state index contributed by atoms with van der Waals surface area (Å²) in [5.74, 6) is -1.22. The molecule has 2 N–H and O–H groups in total. The predicted octanol–water partition coefficient (Wildman–Crippen LogP) is 1.23. The highest BCUT2D eigenvalue weighted by molar-refractivity contribution is 5.78. The standard InChI is InChI=1S/C14H19NO4/c1-11(9-14(17)18)15-13(16)10-19-8-7-12-5-3-2-4-6-12/h2-6,11H,7-10H2,1H3,(H,15,16)(H,17,18). The lowest BCUT2D eigenvalue weighted by molar-refractivity contribution is -0.137. The van der Waals surface area contributed by atoms with E-state index in [1.54, 1.807) is 6.92 Å². The number of rotatable bonds is 8. The minimum atomic E-state index is -0.933. The Hall–Kier alpha value is -1.88. The molecule has 0 saturated carbocycles. The maximum Gasteiger partial charge on any atom is 0.305 e. The molecule has 5 heteroatoms. The number of hydrogen-bond donors (Lipinski definition) is 2. The molecular weight excluding hydrogens is 246 g/mol. The van der Waals surface area contributed by atoms with Gasteiger partial charge in [-0.1, -0.05) is 30.3 Å². The van der Waals surface area contributed by atoms with Crippen molar-refractivity contribution in [1.82, 2.24) is 5.32 Å². The monoisotopic (exact) mass is 265 g/mol. The zero-order valence-electron chi connectivity index (χ0n) is 11.0. The molecule has 19 heavy (non-hydrogen) atoms. The van der Waals surface area contributed by atoms with Gasteiger partial charge >= 0.3 is 5.97 Å². The molecule has 1 atom stereocenters. The largest absolute Gasteiger partial charge is 0.481 e. The van der Waals surface area contributed by atoms with Gasteiger partial charge in [0.2, 0.25) is 5.91 Å². The number of carboxylic acid groups (broad SMARTS) is 1. The van der Waals surface area contributed by atoms with E-state index in [9.17, 15) is 9.59 Å². The van der Waals surface area contributed by atoms with Gasteiger partial charge in [-0.15, -0.1) is 0 Å². The fraction of sp³-hybridized carbons (Fsp3) is 0.429. The zero-order chi connectivity index (χ0) is 14.1. The maximum absolute atomic E-state index is 11.4. The molecule has 0 fully saturated rings. The van der Waals surface area contributed by atoms with Crippen molar-refractivity contribution in [3.8, 4) is 0 Å². The van der Waals surface area contributed by atoms with E-state index in [0.717, 1.165) is 12.0 Å². The molecule has 5 nitrogen and oxygen atoms in total. The van der Waals surface area contributed by atoms with E-state index < -0.39 is 5.97 Å². The maximum atomic E-state index is 11.4. The molecule has 104 valence electrons. The van der Waals surface area contributed by atoms with Crippen molar-refractivity contribution in [2.75, 3.05) is 13.2 Å². The molecule has 0 aliphatic heterocycles. The summed E-state index contributed by atoms with van der Waals surface area (Å²) in [5, 5.41) is 11.1. The van der Waals surface area contributed by atoms with Gasteiger partial charge in [-0.05, 0) is 18.9 Å². The second-order valence-corrected chi connectivity index (χ2v) is 4.35. The summed E-state index contributed by atoms with van der Waals surface area (Å²) in [6.07, 6.45) is 0.661. The van der Waals surface area contributed by atoms with Gasteiger partial charge in [0, 0.05) is 6.04 Å². The Labute approximate surface area is 112 Å². The Bertz CT molecular complexity index is 405. The van der Waals surface area contributed by atoms with Crippen molar-refractivity contribution in [2.24, 2.45) is 0 Å². The van der Waals surface area contributed by atoms with Crippen molar-refractivity contribution < 1.29 is 19.4 Å². The average molecular weight is 265 g/mol. The van der Waals surface area contributed by atoms with Crippen molar-refractivity contribution in [1.29, 1.82) is 0 Å². The first-order chi connectivity index (χ1) is 9.08. The van der Waals surface area contributed by atoms with Crippen LogP contribution in [-0.2, 0) is 20.7 Å². The van der Waals surface area contributed by atoms with Crippen LogP contribution in [-0.4, -0.2) is 36.2 Å². The molecule has 0 bridgehead atoms. The van der Waals surface area contributed by atoms with Crippen LogP contribution < -0.4 is 5.32 Å². The number of amides is 1. The van der Waals surface area contributed by atoms with Crippen LogP contribution in [0.3, 0.4) is 0 Å². The molecule has 0 radical (unpaired) electrons. The summed E-state index contributed by atoms with van der Waals surface area (Å²) >= 11 is 0. The second-order valence-electron chi connectivity index (χ2n) is 4.35. The molecule has 0 aliphatic carbocycles. The summed E-state index contributed by atoms with van der Waals surface area (Å²) in [7, 11) is 0. The number of nitrogens with one attached hydrogen (secondary N) is 1. The molecule has 1 unspecified atom stereocenters. The molecule has 0 aromatic heterocycles. The van der Waals surface area contributed by atoms with Gasteiger partial charge in [0.15, 0.2) is 0 Å².